The van der Waals surface area contributed by atoms with Crippen molar-refractivity contribution >= 4 is 17.5 Å². The summed E-state index contributed by atoms with van der Waals surface area (Å²) in [6.07, 6.45) is 2.24. The van der Waals surface area contributed by atoms with Gasteiger partial charge in [-0.05, 0) is 29.7 Å². The first-order valence-corrected chi connectivity index (χ1v) is 9.22. The highest BCUT2D eigenvalue weighted by atomic mass is 19.1. The molecule has 1 saturated carbocycles. The maximum atomic E-state index is 13.0. The molecular weight excluding hydrogens is 378 g/mol. The Balaban J connectivity index is 1.35. The van der Waals surface area contributed by atoms with Crippen LogP contribution >= 0.6 is 0 Å². The van der Waals surface area contributed by atoms with E-state index in [1.54, 1.807) is 12.3 Å². The van der Waals surface area contributed by atoms with Crippen molar-refractivity contribution in [3.05, 3.63) is 60.0 Å². The third-order valence-electron chi connectivity index (χ3n) is 5.30. The first-order valence-electron chi connectivity index (χ1n) is 9.22. The van der Waals surface area contributed by atoms with Gasteiger partial charge in [0.05, 0.1) is 19.8 Å². The van der Waals surface area contributed by atoms with Crippen LogP contribution in [0.1, 0.15) is 23.7 Å². The molecule has 0 bridgehead atoms. The van der Waals surface area contributed by atoms with Crippen molar-refractivity contribution in [2.24, 2.45) is 5.41 Å². The second kappa shape index (κ2) is 7.62. The quantitative estimate of drug-likeness (QED) is 0.629. The van der Waals surface area contributed by atoms with Crippen LogP contribution in [0.3, 0.4) is 0 Å². The second-order valence-corrected chi connectivity index (χ2v) is 7.39. The van der Waals surface area contributed by atoms with E-state index in [0.717, 1.165) is 16.7 Å². The lowest BCUT2D eigenvalue weighted by atomic mass is 10.0. The van der Waals surface area contributed by atoms with Gasteiger partial charge in [-0.3, -0.25) is 13.6 Å². The number of rotatable bonds is 7. The van der Waals surface area contributed by atoms with Crippen molar-refractivity contribution in [1.82, 2.24) is 10.1 Å². The maximum absolute atomic E-state index is 13.0. The van der Waals surface area contributed by atoms with Crippen LogP contribution in [0.5, 0.6) is 0 Å². The molecule has 1 unspecified atom stereocenters. The highest BCUT2D eigenvalue weighted by Gasteiger charge is 2.57. The molecule has 0 saturated heterocycles. The van der Waals surface area contributed by atoms with Crippen LogP contribution in [-0.4, -0.2) is 29.4 Å². The second-order valence-electron chi connectivity index (χ2n) is 7.39. The fourth-order valence-electron chi connectivity index (χ4n) is 3.36. The van der Waals surface area contributed by atoms with E-state index < -0.39 is 18.8 Å². The van der Waals surface area contributed by atoms with Crippen LogP contribution < -0.4 is 11.1 Å². The molecular formula is C21H20F2N4O2. The van der Waals surface area contributed by atoms with Crippen molar-refractivity contribution in [2.45, 2.75) is 18.8 Å². The molecule has 29 heavy (non-hydrogen) atoms. The molecule has 1 aliphatic carbocycles. The lowest BCUT2D eigenvalue weighted by Crippen LogP contribution is -2.14. The van der Waals surface area contributed by atoms with E-state index in [9.17, 15) is 13.6 Å². The monoisotopic (exact) mass is 398 g/mol. The molecule has 6 nitrogen and oxygen atoms in total. The summed E-state index contributed by atoms with van der Waals surface area (Å²) in [6, 6.07) is 12.7. The molecule has 0 radical (unpaired) electrons. The maximum Gasteiger partial charge on any atom is 0.230 e. The van der Waals surface area contributed by atoms with Gasteiger partial charge in [0, 0.05) is 29.2 Å². The average Bonchev–Trinajstić information content (AvgIpc) is 3.30. The third-order valence-corrected chi connectivity index (χ3v) is 5.30. The minimum Gasteiger partial charge on any atom is -0.384 e. The Morgan fingerprint density at radius 2 is 1.90 bits per heavy atom. The third kappa shape index (κ3) is 3.96. The van der Waals surface area contributed by atoms with E-state index in [2.05, 4.69) is 15.5 Å². The number of benzene rings is 1. The summed E-state index contributed by atoms with van der Waals surface area (Å²) in [5.41, 5.74) is 7.34. The zero-order valence-corrected chi connectivity index (χ0v) is 15.6. The van der Waals surface area contributed by atoms with Crippen molar-refractivity contribution < 1.29 is 18.1 Å². The number of hydrogen-bond acceptors (Lipinski definition) is 5. The van der Waals surface area contributed by atoms with Crippen molar-refractivity contribution in [3.63, 3.8) is 0 Å². The fourth-order valence-corrected chi connectivity index (χ4v) is 3.36. The van der Waals surface area contributed by atoms with Gasteiger partial charge in [0.15, 0.2) is 5.82 Å². The molecule has 1 aliphatic rings. The lowest BCUT2D eigenvalue weighted by molar-refractivity contribution is -0.115. The predicted molar refractivity (Wildman–Crippen MR) is 105 cm³/mol. The largest absolute Gasteiger partial charge is 0.384 e. The van der Waals surface area contributed by atoms with Gasteiger partial charge in [0.2, 0.25) is 5.91 Å². The van der Waals surface area contributed by atoms with Crippen molar-refractivity contribution in [3.8, 4) is 11.1 Å². The van der Waals surface area contributed by atoms with E-state index in [1.807, 2.05) is 30.3 Å². The number of hydrogen-bond donors (Lipinski definition) is 2. The SMILES string of the molecule is Nc1ccc(-c2ccc(CC(=O)Nc3cc(C4CC4(CF)CF)on3)cc2)cn1. The number of halogens is 2. The van der Waals surface area contributed by atoms with Crippen LogP contribution in [0.15, 0.2) is 53.2 Å². The number of amides is 1. The van der Waals surface area contributed by atoms with Crippen LogP contribution in [-0.2, 0) is 11.2 Å². The van der Waals surface area contributed by atoms with Gasteiger partial charge in [0.1, 0.15) is 11.6 Å². The zero-order chi connectivity index (χ0) is 20.4. The molecule has 4 rings (SSSR count). The zero-order valence-electron chi connectivity index (χ0n) is 15.6. The van der Waals surface area contributed by atoms with Gasteiger partial charge in [-0.25, -0.2) is 4.98 Å². The van der Waals surface area contributed by atoms with Gasteiger partial charge in [-0.15, -0.1) is 0 Å². The molecule has 1 amide bonds. The number of nitrogen functional groups attached to an aromatic ring is 1. The van der Waals surface area contributed by atoms with E-state index in [1.165, 1.54) is 6.07 Å². The van der Waals surface area contributed by atoms with Crippen molar-refractivity contribution in [1.29, 1.82) is 0 Å². The number of carbonyl (C=O) groups excluding carboxylic acids is 1. The highest BCUT2D eigenvalue weighted by Crippen LogP contribution is 2.60. The molecule has 8 heteroatoms. The van der Waals surface area contributed by atoms with Crippen LogP contribution in [0.2, 0.25) is 0 Å². The van der Waals surface area contributed by atoms with Gasteiger partial charge in [-0.2, -0.15) is 0 Å². The van der Waals surface area contributed by atoms with Crippen LogP contribution in [0, 0.1) is 5.41 Å². The summed E-state index contributed by atoms with van der Waals surface area (Å²) in [7, 11) is 0. The van der Waals surface area contributed by atoms with Gasteiger partial charge in [-0.1, -0.05) is 29.4 Å². The number of pyridine rings is 1. The fraction of sp³-hybridized carbons (Fsp3) is 0.286. The summed E-state index contributed by atoms with van der Waals surface area (Å²) in [6.45, 7) is -1.47. The molecule has 2 heterocycles. The standard InChI is InChI=1S/C21H20F2N4O2/c22-11-21(12-23)9-16(21)17-8-19(27-29-17)26-20(28)7-13-1-3-14(4-2-13)15-5-6-18(24)25-10-15/h1-6,8,10,16H,7,9,11-12H2,(H2,24,25)(H,26,27,28). The van der Waals surface area contributed by atoms with E-state index in [-0.39, 0.29) is 24.1 Å². The number of alkyl halides is 2. The Kier molecular flexibility index (Phi) is 5.00. The number of carbonyl (C=O) groups is 1. The molecule has 0 aliphatic heterocycles. The molecule has 3 aromatic rings. The summed E-state index contributed by atoms with van der Waals surface area (Å²) >= 11 is 0. The molecule has 1 atom stereocenters. The Morgan fingerprint density at radius 1 is 1.17 bits per heavy atom. The smallest absolute Gasteiger partial charge is 0.230 e. The first kappa shape index (κ1) is 19.0. The molecule has 1 aromatic carbocycles. The van der Waals surface area contributed by atoms with Crippen LogP contribution in [0.4, 0.5) is 20.4 Å². The molecule has 150 valence electrons. The van der Waals surface area contributed by atoms with Gasteiger partial charge in [0.25, 0.3) is 0 Å². The number of nitrogens with zero attached hydrogens (tertiary/aromatic N) is 2. The molecule has 1 fully saturated rings. The number of aromatic nitrogens is 2. The number of anilines is 2. The molecule has 3 N–H and O–H groups in total. The highest BCUT2D eigenvalue weighted by molar-refractivity contribution is 5.91. The molecule has 0 spiro atoms. The Labute approximate surface area is 166 Å². The topological polar surface area (TPSA) is 94.0 Å². The summed E-state index contributed by atoms with van der Waals surface area (Å²) in [5, 5.41) is 6.44. The number of nitrogens with one attached hydrogen (secondary N) is 1. The summed E-state index contributed by atoms with van der Waals surface area (Å²) in [4.78, 5) is 16.3. The van der Waals surface area contributed by atoms with E-state index >= 15 is 0 Å². The summed E-state index contributed by atoms with van der Waals surface area (Å²) < 4.78 is 31.2. The Bertz CT molecular complexity index is 998. The Morgan fingerprint density at radius 3 is 2.52 bits per heavy atom. The minimum atomic E-state index is -0.984. The van der Waals surface area contributed by atoms with Crippen LogP contribution in [0.25, 0.3) is 11.1 Å². The average molecular weight is 398 g/mol. The lowest BCUT2D eigenvalue weighted by Gasteiger charge is -2.05. The van der Waals surface area contributed by atoms with Gasteiger partial charge >= 0.3 is 0 Å². The number of nitrogens with two attached hydrogens (primary N) is 1. The Hall–Kier alpha value is -3.29. The molecule has 2 aromatic heterocycles. The van der Waals surface area contributed by atoms with Gasteiger partial charge < -0.3 is 15.6 Å². The predicted octanol–water partition coefficient (Wildman–Crippen LogP) is 3.91. The van der Waals surface area contributed by atoms with E-state index in [0.29, 0.717) is 18.0 Å². The summed E-state index contributed by atoms with van der Waals surface area (Å²) in [5.74, 6) is 0.515. The van der Waals surface area contributed by atoms with E-state index in [4.69, 9.17) is 10.3 Å². The normalized spacial score (nSPS) is 17.1. The minimum absolute atomic E-state index is 0.158. The first-order chi connectivity index (χ1) is 14.0. The van der Waals surface area contributed by atoms with Crippen molar-refractivity contribution in [2.75, 3.05) is 24.4 Å².